The predicted molar refractivity (Wildman–Crippen MR) is 82.6 cm³/mol. The number of aldehydes is 1. The molecule has 5 heteroatoms. The van der Waals surface area contributed by atoms with Gasteiger partial charge in [-0.3, -0.25) is 4.79 Å². The zero-order chi connectivity index (χ0) is 16.2. The molecule has 0 N–H and O–H groups in total. The first-order valence-electron chi connectivity index (χ1n) is 6.86. The molecule has 0 aliphatic rings. The Morgan fingerprint density at radius 2 is 1.87 bits per heavy atom. The predicted octanol–water partition coefficient (Wildman–Crippen LogP) is 4.70. The molecule has 1 heterocycles. The molecule has 116 valence electrons. The molecule has 0 amide bonds. The van der Waals surface area contributed by atoms with E-state index >= 15 is 0 Å². The molecule has 0 saturated heterocycles. The maximum Gasteiger partial charge on any atom is 0.185 e. The van der Waals surface area contributed by atoms with Crippen LogP contribution in [-0.4, -0.2) is 13.4 Å². The van der Waals surface area contributed by atoms with Crippen molar-refractivity contribution >= 4 is 6.29 Å². The summed E-state index contributed by atoms with van der Waals surface area (Å²) in [4.78, 5) is 10.6. The van der Waals surface area contributed by atoms with Crippen LogP contribution in [0.1, 0.15) is 10.6 Å². The summed E-state index contributed by atoms with van der Waals surface area (Å²) in [5.41, 5.74) is 0.522. The number of methoxy groups -OCH3 is 1. The number of halogens is 1. The van der Waals surface area contributed by atoms with E-state index in [2.05, 4.69) is 0 Å². The van der Waals surface area contributed by atoms with Gasteiger partial charge in [-0.15, -0.1) is 0 Å². The fourth-order valence-corrected chi connectivity index (χ4v) is 2.10. The zero-order valence-electron chi connectivity index (χ0n) is 12.3. The Morgan fingerprint density at radius 1 is 1.04 bits per heavy atom. The maximum atomic E-state index is 14.2. The Morgan fingerprint density at radius 3 is 2.57 bits per heavy atom. The molecule has 3 aromatic rings. The van der Waals surface area contributed by atoms with Crippen LogP contribution < -0.4 is 9.47 Å². The lowest BCUT2D eigenvalue weighted by atomic mass is 10.1. The molecule has 4 nitrogen and oxygen atoms in total. The number of benzene rings is 2. The normalized spacial score (nSPS) is 10.3. The van der Waals surface area contributed by atoms with E-state index in [1.54, 1.807) is 43.5 Å². The van der Waals surface area contributed by atoms with Gasteiger partial charge in [-0.1, -0.05) is 6.07 Å². The number of carbonyl (C=O) groups is 1. The van der Waals surface area contributed by atoms with E-state index in [1.165, 1.54) is 18.2 Å². The van der Waals surface area contributed by atoms with Gasteiger partial charge in [0.2, 0.25) is 0 Å². The van der Waals surface area contributed by atoms with Crippen LogP contribution in [0.3, 0.4) is 0 Å². The van der Waals surface area contributed by atoms with Gasteiger partial charge in [0.05, 0.1) is 7.11 Å². The van der Waals surface area contributed by atoms with Crippen molar-refractivity contribution < 1.29 is 23.1 Å². The third-order valence-electron chi connectivity index (χ3n) is 3.23. The molecule has 1 aromatic heterocycles. The number of furan rings is 1. The zero-order valence-corrected chi connectivity index (χ0v) is 12.3. The molecule has 0 unspecified atom stereocenters. The van der Waals surface area contributed by atoms with Gasteiger partial charge in [0.1, 0.15) is 17.3 Å². The highest BCUT2D eigenvalue weighted by Crippen LogP contribution is 2.30. The molecule has 2 aromatic carbocycles. The summed E-state index contributed by atoms with van der Waals surface area (Å²) in [5, 5.41) is 0. The standard InChI is InChI=1S/C18H13FO4/c1-21-13-3-2-4-14(10-13)22-18-7-5-12(9-16(18)19)17-8-6-15(11-20)23-17/h2-11H,1H3. The molecular formula is C18H13FO4. The second-order valence-electron chi connectivity index (χ2n) is 4.75. The van der Waals surface area contributed by atoms with E-state index in [-0.39, 0.29) is 11.5 Å². The Balaban J connectivity index is 1.85. The average molecular weight is 312 g/mol. The summed E-state index contributed by atoms with van der Waals surface area (Å²) >= 11 is 0. The largest absolute Gasteiger partial charge is 0.497 e. The summed E-state index contributed by atoms with van der Waals surface area (Å²) in [6, 6.07) is 14.5. The van der Waals surface area contributed by atoms with Crippen molar-refractivity contribution in [3.05, 3.63) is 66.2 Å². The summed E-state index contributed by atoms with van der Waals surface area (Å²) in [6.07, 6.45) is 0.597. The van der Waals surface area contributed by atoms with Crippen LogP contribution in [0.4, 0.5) is 4.39 Å². The smallest absolute Gasteiger partial charge is 0.185 e. The number of ether oxygens (including phenoxy) is 2. The van der Waals surface area contributed by atoms with Crippen molar-refractivity contribution in [2.75, 3.05) is 7.11 Å². The number of hydrogen-bond donors (Lipinski definition) is 0. The molecular weight excluding hydrogens is 299 g/mol. The van der Waals surface area contributed by atoms with Crippen molar-refractivity contribution in [1.82, 2.24) is 0 Å². The third kappa shape index (κ3) is 3.23. The van der Waals surface area contributed by atoms with Gasteiger partial charge in [-0.25, -0.2) is 4.39 Å². The third-order valence-corrected chi connectivity index (χ3v) is 3.23. The summed E-state index contributed by atoms with van der Waals surface area (Å²) in [7, 11) is 1.55. The quantitative estimate of drug-likeness (QED) is 0.641. The van der Waals surface area contributed by atoms with Gasteiger partial charge < -0.3 is 13.9 Å². The molecule has 3 rings (SSSR count). The van der Waals surface area contributed by atoms with Crippen LogP contribution in [0, 0.1) is 5.82 Å². The molecule has 0 atom stereocenters. The number of rotatable bonds is 5. The van der Waals surface area contributed by atoms with Crippen LogP contribution in [0.15, 0.2) is 59.0 Å². The highest BCUT2D eigenvalue weighted by atomic mass is 19.1. The fraction of sp³-hybridized carbons (Fsp3) is 0.0556. The first kappa shape index (κ1) is 14.8. The SMILES string of the molecule is COc1cccc(Oc2ccc(-c3ccc(C=O)o3)cc2F)c1. The number of hydrogen-bond acceptors (Lipinski definition) is 4. The Hall–Kier alpha value is -3.08. The Kier molecular flexibility index (Phi) is 4.10. The Bertz CT molecular complexity index is 839. The monoisotopic (exact) mass is 312 g/mol. The van der Waals surface area contributed by atoms with Gasteiger partial charge >= 0.3 is 0 Å². The van der Waals surface area contributed by atoms with Crippen molar-refractivity contribution in [3.8, 4) is 28.6 Å². The summed E-state index contributed by atoms with van der Waals surface area (Å²) in [5.74, 6) is 1.25. The highest BCUT2D eigenvalue weighted by molar-refractivity contribution is 5.72. The number of carbonyl (C=O) groups excluding carboxylic acids is 1. The van der Waals surface area contributed by atoms with Crippen LogP contribution in [-0.2, 0) is 0 Å². The van der Waals surface area contributed by atoms with Crippen molar-refractivity contribution in [1.29, 1.82) is 0 Å². The maximum absolute atomic E-state index is 14.2. The fourth-order valence-electron chi connectivity index (χ4n) is 2.10. The molecule has 0 aliphatic heterocycles. The lowest BCUT2D eigenvalue weighted by Crippen LogP contribution is -1.90. The molecule has 0 fully saturated rings. The minimum absolute atomic E-state index is 0.0872. The van der Waals surface area contributed by atoms with E-state index in [0.717, 1.165) is 0 Å². The lowest BCUT2D eigenvalue weighted by Gasteiger charge is -2.09. The topological polar surface area (TPSA) is 48.7 Å². The summed E-state index contributed by atoms with van der Waals surface area (Å²) in [6.45, 7) is 0. The van der Waals surface area contributed by atoms with E-state index < -0.39 is 5.82 Å². The van der Waals surface area contributed by atoms with Gasteiger partial charge in [-0.2, -0.15) is 0 Å². The van der Waals surface area contributed by atoms with Gasteiger partial charge in [0.25, 0.3) is 0 Å². The first-order valence-corrected chi connectivity index (χ1v) is 6.86. The van der Waals surface area contributed by atoms with Gasteiger partial charge in [0, 0.05) is 11.6 Å². The van der Waals surface area contributed by atoms with Crippen LogP contribution in [0.25, 0.3) is 11.3 Å². The van der Waals surface area contributed by atoms with Crippen molar-refractivity contribution in [3.63, 3.8) is 0 Å². The minimum Gasteiger partial charge on any atom is -0.497 e. The minimum atomic E-state index is -0.533. The second-order valence-corrected chi connectivity index (χ2v) is 4.75. The second kappa shape index (κ2) is 6.36. The van der Waals surface area contributed by atoms with E-state index in [4.69, 9.17) is 13.9 Å². The van der Waals surface area contributed by atoms with Crippen molar-refractivity contribution in [2.45, 2.75) is 0 Å². The molecule has 0 aliphatic carbocycles. The average Bonchev–Trinajstić information content (AvgIpc) is 3.06. The van der Waals surface area contributed by atoms with Gasteiger partial charge in [-0.05, 0) is 42.5 Å². The van der Waals surface area contributed by atoms with Crippen LogP contribution >= 0.6 is 0 Å². The molecule has 0 saturated carbocycles. The van der Waals surface area contributed by atoms with Crippen LogP contribution in [0.5, 0.6) is 17.2 Å². The van der Waals surface area contributed by atoms with E-state index in [0.29, 0.717) is 29.1 Å². The van der Waals surface area contributed by atoms with E-state index in [9.17, 15) is 9.18 Å². The molecule has 23 heavy (non-hydrogen) atoms. The molecule has 0 radical (unpaired) electrons. The van der Waals surface area contributed by atoms with Crippen molar-refractivity contribution in [2.24, 2.45) is 0 Å². The van der Waals surface area contributed by atoms with Gasteiger partial charge in [0.15, 0.2) is 23.6 Å². The Labute approximate surface area is 132 Å². The summed E-state index contributed by atoms with van der Waals surface area (Å²) < 4.78 is 30.1. The first-order chi connectivity index (χ1) is 11.2. The molecule has 0 bridgehead atoms. The van der Waals surface area contributed by atoms with Crippen LogP contribution in [0.2, 0.25) is 0 Å². The van der Waals surface area contributed by atoms with E-state index in [1.807, 2.05) is 0 Å². The lowest BCUT2D eigenvalue weighted by molar-refractivity contribution is 0.110. The molecule has 0 spiro atoms. The highest BCUT2D eigenvalue weighted by Gasteiger charge is 2.10.